The number of anilines is 1. The molecule has 0 bridgehead atoms. The molecule has 0 radical (unpaired) electrons. The van der Waals surface area contributed by atoms with Crippen LogP contribution in [0.4, 0.5) is 5.69 Å². The fourth-order valence-electron chi connectivity index (χ4n) is 3.08. The van der Waals surface area contributed by atoms with E-state index in [4.69, 9.17) is 14.2 Å². The quantitative estimate of drug-likeness (QED) is 0.500. The van der Waals surface area contributed by atoms with Crippen LogP contribution in [-0.4, -0.2) is 43.1 Å². The van der Waals surface area contributed by atoms with Crippen LogP contribution in [0, 0.1) is 13.8 Å². The summed E-state index contributed by atoms with van der Waals surface area (Å²) in [6.07, 6.45) is 0. The first kappa shape index (κ1) is 21.3. The minimum atomic E-state index is -0.519. The van der Waals surface area contributed by atoms with Gasteiger partial charge in [-0.1, -0.05) is 0 Å². The van der Waals surface area contributed by atoms with Crippen molar-refractivity contribution in [3.05, 3.63) is 40.7 Å². The molecule has 2 N–H and O–H groups in total. The van der Waals surface area contributed by atoms with E-state index >= 15 is 0 Å². The van der Waals surface area contributed by atoms with Crippen LogP contribution < -0.4 is 14.8 Å². The number of hydrogen-bond donors (Lipinski definition) is 2. The van der Waals surface area contributed by atoms with Gasteiger partial charge < -0.3 is 24.5 Å². The third-order valence-corrected chi connectivity index (χ3v) is 4.39. The molecule has 7 heteroatoms. The molecule has 0 fully saturated rings. The summed E-state index contributed by atoms with van der Waals surface area (Å²) in [5, 5.41) is 3.19. The highest BCUT2D eigenvalue weighted by molar-refractivity contribution is 6.04. The largest absolute Gasteiger partial charge is 0.490 e. The van der Waals surface area contributed by atoms with E-state index in [0.717, 1.165) is 5.69 Å². The first-order valence-electron chi connectivity index (χ1n) is 9.31. The SMILES string of the molecule is CCOc1ccc(N[C@@H](C)C(=O)c2[nH]c(C)c(C(=O)OC)c2C)cc1OCC. The monoisotopic (exact) mass is 388 g/mol. The number of ether oxygens (including phenoxy) is 3. The smallest absolute Gasteiger partial charge is 0.339 e. The van der Waals surface area contributed by atoms with E-state index in [1.54, 1.807) is 20.8 Å². The Hall–Kier alpha value is -2.96. The standard InChI is InChI=1S/C21H28N2O5/c1-7-27-16-10-9-15(11-17(16)28-8-2)22-14(5)20(24)19-12(3)18(13(4)23-19)21(25)26-6/h9-11,14,22-23H,7-8H2,1-6H3/t14-/m0/s1. The maximum Gasteiger partial charge on any atom is 0.339 e. The van der Waals surface area contributed by atoms with Gasteiger partial charge in [-0.15, -0.1) is 0 Å². The van der Waals surface area contributed by atoms with Gasteiger partial charge in [-0.25, -0.2) is 4.79 Å². The number of rotatable bonds is 9. The third kappa shape index (κ3) is 4.47. The number of ketones is 1. The Kier molecular flexibility index (Phi) is 7.09. The van der Waals surface area contributed by atoms with Crippen molar-refractivity contribution in [3.63, 3.8) is 0 Å². The van der Waals surface area contributed by atoms with Crippen molar-refractivity contribution in [2.45, 2.75) is 40.7 Å². The number of aromatic nitrogens is 1. The zero-order chi connectivity index (χ0) is 20.8. The molecule has 152 valence electrons. The van der Waals surface area contributed by atoms with Crippen molar-refractivity contribution in [2.75, 3.05) is 25.6 Å². The molecule has 1 heterocycles. The Morgan fingerprint density at radius 2 is 1.75 bits per heavy atom. The summed E-state index contributed by atoms with van der Waals surface area (Å²) < 4.78 is 16.0. The van der Waals surface area contributed by atoms with Crippen LogP contribution in [0.3, 0.4) is 0 Å². The molecule has 1 aromatic heterocycles. The number of benzene rings is 1. The van der Waals surface area contributed by atoms with Crippen LogP contribution in [0.15, 0.2) is 18.2 Å². The number of aromatic amines is 1. The second-order valence-corrected chi connectivity index (χ2v) is 6.37. The summed E-state index contributed by atoms with van der Waals surface area (Å²) in [5.41, 5.74) is 2.73. The highest BCUT2D eigenvalue weighted by atomic mass is 16.5. The fourth-order valence-corrected chi connectivity index (χ4v) is 3.08. The lowest BCUT2D eigenvalue weighted by atomic mass is 10.0. The van der Waals surface area contributed by atoms with Crippen molar-refractivity contribution < 1.29 is 23.8 Å². The van der Waals surface area contributed by atoms with Gasteiger partial charge >= 0.3 is 5.97 Å². The molecule has 0 saturated heterocycles. The molecule has 0 saturated carbocycles. The third-order valence-electron chi connectivity index (χ3n) is 4.39. The maximum atomic E-state index is 12.9. The topological polar surface area (TPSA) is 89.7 Å². The van der Waals surface area contributed by atoms with Crippen LogP contribution in [0.2, 0.25) is 0 Å². The number of H-pyrrole nitrogens is 1. The zero-order valence-corrected chi connectivity index (χ0v) is 17.3. The van der Waals surface area contributed by atoms with Crippen molar-refractivity contribution in [2.24, 2.45) is 0 Å². The number of methoxy groups -OCH3 is 1. The lowest BCUT2D eigenvalue weighted by Crippen LogP contribution is -2.27. The minimum Gasteiger partial charge on any atom is -0.490 e. The van der Waals surface area contributed by atoms with E-state index in [1.165, 1.54) is 7.11 Å². The van der Waals surface area contributed by atoms with E-state index in [0.29, 0.717) is 47.2 Å². The summed E-state index contributed by atoms with van der Waals surface area (Å²) in [7, 11) is 1.32. The Bertz CT molecular complexity index is 857. The molecule has 0 aliphatic rings. The lowest BCUT2D eigenvalue weighted by Gasteiger charge is -2.17. The van der Waals surface area contributed by atoms with Crippen LogP contribution in [0.25, 0.3) is 0 Å². The van der Waals surface area contributed by atoms with Crippen LogP contribution in [0.5, 0.6) is 11.5 Å². The van der Waals surface area contributed by atoms with Crippen molar-refractivity contribution in [1.82, 2.24) is 4.98 Å². The molecule has 0 unspecified atom stereocenters. The number of esters is 1. The second-order valence-electron chi connectivity index (χ2n) is 6.37. The first-order valence-corrected chi connectivity index (χ1v) is 9.31. The van der Waals surface area contributed by atoms with Gasteiger partial charge in [0.15, 0.2) is 11.5 Å². The van der Waals surface area contributed by atoms with Crippen molar-refractivity contribution in [3.8, 4) is 11.5 Å². The number of Topliss-reactive ketones (excluding diaryl/α,β-unsaturated/α-hetero) is 1. The molecule has 0 aliphatic heterocycles. The lowest BCUT2D eigenvalue weighted by molar-refractivity contribution is 0.0599. The predicted octanol–water partition coefficient (Wildman–Crippen LogP) is 3.90. The number of hydrogen-bond acceptors (Lipinski definition) is 6. The molecule has 0 aliphatic carbocycles. The fraction of sp³-hybridized carbons (Fsp3) is 0.429. The predicted molar refractivity (Wildman–Crippen MR) is 108 cm³/mol. The highest BCUT2D eigenvalue weighted by Gasteiger charge is 2.25. The number of carbonyl (C=O) groups is 2. The van der Waals surface area contributed by atoms with Crippen LogP contribution in [0.1, 0.15) is 52.9 Å². The summed E-state index contributed by atoms with van der Waals surface area (Å²) in [5.74, 6) is 0.669. The zero-order valence-electron chi connectivity index (χ0n) is 17.3. The molecular weight excluding hydrogens is 360 g/mol. The Labute approximate surface area is 165 Å². The normalized spacial score (nSPS) is 11.6. The van der Waals surface area contributed by atoms with Gasteiger partial charge in [0.1, 0.15) is 0 Å². The van der Waals surface area contributed by atoms with Crippen LogP contribution in [-0.2, 0) is 4.74 Å². The molecule has 7 nitrogen and oxygen atoms in total. The molecule has 0 amide bonds. The Morgan fingerprint density at radius 1 is 1.11 bits per heavy atom. The van der Waals surface area contributed by atoms with E-state index < -0.39 is 12.0 Å². The average Bonchev–Trinajstić information content (AvgIpc) is 2.97. The van der Waals surface area contributed by atoms with Gasteiger partial charge in [0.2, 0.25) is 5.78 Å². The molecule has 1 atom stereocenters. The van der Waals surface area contributed by atoms with Gasteiger partial charge in [-0.3, -0.25) is 4.79 Å². The summed E-state index contributed by atoms with van der Waals surface area (Å²) in [6, 6.07) is 4.94. The average molecular weight is 388 g/mol. The van der Waals surface area contributed by atoms with Gasteiger partial charge in [0, 0.05) is 17.4 Å². The van der Waals surface area contributed by atoms with Crippen molar-refractivity contribution in [1.29, 1.82) is 0 Å². The molecular formula is C21H28N2O5. The number of carbonyl (C=O) groups excluding carboxylic acids is 2. The van der Waals surface area contributed by atoms with Gasteiger partial charge in [0.05, 0.1) is 37.6 Å². The summed E-state index contributed by atoms with van der Waals surface area (Å²) in [4.78, 5) is 27.9. The van der Waals surface area contributed by atoms with Crippen LogP contribution >= 0.6 is 0 Å². The van der Waals surface area contributed by atoms with Crippen molar-refractivity contribution >= 4 is 17.4 Å². The minimum absolute atomic E-state index is 0.150. The molecule has 28 heavy (non-hydrogen) atoms. The van der Waals surface area contributed by atoms with Gasteiger partial charge in [-0.2, -0.15) is 0 Å². The highest BCUT2D eigenvalue weighted by Crippen LogP contribution is 2.31. The van der Waals surface area contributed by atoms with E-state index in [9.17, 15) is 9.59 Å². The second kappa shape index (κ2) is 9.30. The number of aryl methyl sites for hydroxylation is 1. The molecule has 0 spiro atoms. The van der Waals surface area contributed by atoms with Gasteiger partial charge in [-0.05, 0) is 52.3 Å². The molecule has 2 aromatic rings. The summed E-state index contributed by atoms with van der Waals surface area (Å²) in [6.45, 7) is 10.1. The van der Waals surface area contributed by atoms with Gasteiger partial charge in [0.25, 0.3) is 0 Å². The molecule has 2 rings (SSSR count). The Balaban J connectivity index is 2.23. The number of nitrogens with one attached hydrogen (secondary N) is 2. The van der Waals surface area contributed by atoms with E-state index in [2.05, 4.69) is 10.3 Å². The first-order chi connectivity index (χ1) is 13.3. The summed E-state index contributed by atoms with van der Waals surface area (Å²) >= 11 is 0. The van der Waals surface area contributed by atoms with E-state index in [1.807, 2.05) is 32.0 Å². The van der Waals surface area contributed by atoms with E-state index in [-0.39, 0.29) is 5.78 Å². The molecule has 1 aromatic carbocycles. The maximum absolute atomic E-state index is 12.9. The Morgan fingerprint density at radius 3 is 2.36 bits per heavy atom.